The van der Waals surface area contributed by atoms with Crippen molar-refractivity contribution in [1.29, 1.82) is 0 Å². The molecule has 4 aromatic rings. The number of benzene rings is 1. The fraction of sp³-hybridized carbons (Fsp3) is 0.400. The zero-order chi connectivity index (χ0) is 29.4. The van der Waals surface area contributed by atoms with E-state index >= 15 is 0 Å². The summed E-state index contributed by atoms with van der Waals surface area (Å²) in [5.41, 5.74) is 3.90. The van der Waals surface area contributed by atoms with Crippen LogP contribution in [-0.2, 0) is 23.2 Å². The molecule has 2 aliphatic heterocycles. The van der Waals surface area contributed by atoms with E-state index in [1.807, 2.05) is 37.5 Å². The number of aryl methyl sites for hydroxylation is 1. The average molecular weight is 573 g/mol. The standard InChI is InChI=1S/C30H33FN8O3/c1-19(40)26-17-38(27-6-5-20(10-25(26)27)21-7-8-32-33-12-21)18-29(41)39-14-22(31)11-28(39)30(42)35-23-4-3-9-37(15-23)24-13-34-36(2)16-24/h5-8,10,12-13,16-17,22-23,28H,3-4,9,11,14-15,18H2,1-2H3,(H,35,42)/t22-,23?,28+/m1/s1. The van der Waals surface area contributed by atoms with Gasteiger partial charge in [0.2, 0.25) is 11.8 Å². The molecule has 11 nitrogen and oxygen atoms in total. The summed E-state index contributed by atoms with van der Waals surface area (Å²) >= 11 is 0. The Hall–Kier alpha value is -4.61. The maximum atomic E-state index is 14.7. The number of aromatic nitrogens is 5. The monoisotopic (exact) mass is 572 g/mol. The van der Waals surface area contributed by atoms with E-state index in [0.717, 1.165) is 36.2 Å². The second-order valence-corrected chi connectivity index (χ2v) is 11.2. The maximum absolute atomic E-state index is 14.7. The van der Waals surface area contributed by atoms with E-state index < -0.39 is 12.2 Å². The molecule has 0 bridgehead atoms. The predicted molar refractivity (Wildman–Crippen MR) is 155 cm³/mol. The molecule has 2 fully saturated rings. The Morgan fingerprint density at radius 2 is 1.93 bits per heavy atom. The highest BCUT2D eigenvalue weighted by Gasteiger charge is 2.40. The molecule has 0 aliphatic carbocycles. The van der Waals surface area contributed by atoms with Crippen LogP contribution in [0.25, 0.3) is 22.0 Å². The molecule has 0 radical (unpaired) electrons. The molecule has 1 unspecified atom stereocenters. The number of piperidine rings is 1. The van der Waals surface area contributed by atoms with Crippen molar-refractivity contribution >= 4 is 34.2 Å². The van der Waals surface area contributed by atoms with Crippen LogP contribution in [0.2, 0.25) is 0 Å². The summed E-state index contributed by atoms with van der Waals surface area (Å²) in [5, 5.41) is 15.8. The number of halogens is 1. The maximum Gasteiger partial charge on any atom is 0.243 e. The number of fused-ring (bicyclic) bond motifs is 1. The van der Waals surface area contributed by atoms with Crippen molar-refractivity contribution in [3.05, 3.63) is 60.8 Å². The number of likely N-dealkylation sites (tertiary alicyclic amines) is 1. The van der Waals surface area contributed by atoms with Crippen LogP contribution in [0, 0.1) is 0 Å². The van der Waals surface area contributed by atoms with Gasteiger partial charge in [0.1, 0.15) is 18.8 Å². The first-order valence-electron chi connectivity index (χ1n) is 14.1. The zero-order valence-electron chi connectivity index (χ0n) is 23.6. The quantitative estimate of drug-likeness (QED) is 0.339. The summed E-state index contributed by atoms with van der Waals surface area (Å²) in [6.45, 7) is 2.72. The van der Waals surface area contributed by atoms with E-state index in [1.165, 1.54) is 11.8 Å². The molecule has 2 amide bonds. The third-order valence-electron chi connectivity index (χ3n) is 8.18. The fourth-order valence-electron chi connectivity index (χ4n) is 6.09. The molecule has 6 rings (SSSR count). The minimum Gasteiger partial charge on any atom is -0.367 e. The van der Waals surface area contributed by atoms with E-state index in [-0.39, 0.29) is 43.1 Å². The summed E-state index contributed by atoms with van der Waals surface area (Å²) in [6.07, 6.45) is 9.03. The second kappa shape index (κ2) is 11.3. The first-order valence-corrected chi connectivity index (χ1v) is 14.1. The Kier molecular flexibility index (Phi) is 7.44. The Labute approximate surface area is 242 Å². The lowest BCUT2D eigenvalue weighted by atomic mass is 10.0. The first kappa shape index (κ1) is 27.6. The molecular weight excluding hydrogens is 539 g/mol. The number of hydrogen-bond donors (Lipinski definition) is 1. The Morgan fingerprint density at radius 1 is 1.07 bits per heavy atom. The van der Waals surface area contributed by atoms with Crippen LogP contribution in [-0.4, -0.2) is 84.9 Å². The third kappa shape index (κ3) is 5.48. The Balaban J connectivity index is 1.18. The number of nitrogens with zero attached hydrogens (tertiary/aromatic N) is 7. The van der Waals surface area contributed by atoms with E-state index in [4.69, 9.17) is 0 Å². The van der Waals surface area contributed by atoms with Crippen LogP contribution >= 0.6 is 0 Å². The van der Waals surface area contributed by atoms with Gasteiger partial charge >= 0.3 is 0 Å². The number of Topliss-reactive ketones (excluding diaryl/α,β-unsaturated/α-hetero) is 1. The summed E-state index contributed by atoms with van der Waals surface area (Å²) in [6, 6.07) is 6.48. The smallest absolute Gasteiger partial charge is 0.243 e. The second-order valence-electron chi connectivity index (χ2n) is 11.2. The number of carbonyl (C=O) groups excluding carboxylic acids is 3. The number of ketones is 1. The summed E-state index contributed by atoms with van der Waals surface area (Å²) in [5.74, 6) is -0.837. The number of nitrogens with one attached hydrogen (secondary N) is 1. The number of anilines is 1. The highest BCUT2D eigenvalue weighted by molar-refractivity contribution is 6.08. The molecule has 2 aliphatic rings. The van der Waals surface area contributed by atoms with Crippen molar-refractivity contribution in [3.8, 4) is 11.1 Å². The van der Waals surface area contributed by atoms with Gasteiger partial charge in [0.15, 0.2) is 5.78 Å². The van der Waals surface area contributed by atoms with Crippen LogP contribution < -0.4 is 10.2 Å². The van der Waals surface area contributed by atoms with Crippen LogP contribution in [0.3, 0.4) is 0 Å². The van der Waals surface area contributed by atoms with E-state index in [9.17, 15) is 18.8 Å². The number of carbonyl (C=O) groups is 3. The van der Waals surface area contributed by atoms with E-state index in [2.05, 4.69) is 25.5 Å². The predicted octanol–water partition coefficient (Wildman–Crippen LogP) is 2.76. The van der Waals surface area contributed by atoms with Crippen LogP contribution in [0.5, 0.6) is 0 Å². The molecule has 0 saturated carbocycles. The molecule has 12 heteroatoms. The molecule has 5 heterocycles. The molecular formula is C30H33FN8O3. The summed E-state index contributed by atoms with van der Waals surface area (Å²) < 4.78 is 18.1. The molecule has 42 heavy (non-hydrogen) atoms. The minimum atomic E-state index is -1.28. The fourth-order valence-corrected chi connectivity index (χ4v) is 6.09. The van der Waals surface area contributed by atoms with Gasteiger partial charge < -0.3 is 19.7 Å². The SMILES string of the molecule is CC(=O)c1cn(CC(=O)N2C[C@H](F)C[C@H]2C(=O)NC2CCCN(c3cnn(C)c3)C2)c2ccc(-c3ccnnc3)cc12. The molecule has 2 saturated heterocycles. The lowest BCUT2D eigenvalue weighted by Crippen LogP contribution is -2.53. The average Bonchev–Trinajstić information content (AvgIpc) is 3.70. The van der Waals surface area contributed by atoms with Crippen molar-refractivity contribution in [2.75, 3.05) is 24.5 Å². The van der Waals surface area contributed by atoms with Crippen molar-refractivity contribution in [2.24, 2.45) is 7.05 Å². The van der Waals surface area contributed by atoms with Crippen LogP contribution in [0.4, 0.5) is 10.1 Å². The first-order chi connectivity index (χ1) is 20.3. The number of rotatable bonds is 7. The summed E-state index contributed by atoms with van der Waals surface area (Å²) in [7, 11) is 1.86. The van der Waals surface area contributed by atoms with Gasteiger partial charge in [-0.05, 0) is 43.5 Å². The van der Waals surface area contributed by atoms with Gasteiger partial charge in [-0.15, -0.1) is 0 Å². The van der Waals surface area contributed by atoms with Crippen LogP contribution in [0.1, 0.15) is 36.5 Å². The van der Waals surface area contributed by atoms with Gasteiger partial charge in [-0.1, -0.05) is 6.07 Å². The van der Waals surface area contributed by atoms with Gasteiger partial charge in [0.25, 0.3) is 0 Å². The lowest BCUT2D eigenvalue weighted by molar-refractivity contribution is -0.139. The van der Waals surface area contributed by atoms with Gasteiger partial charge in [-0.25, -0.2) is 4.39 Å². The minimum absolute atomic E-state index is 0.0366. The molecule has 3 aromatic heterocycles. The van der Waals surface area contributed by atoms with Crippen molar-refractivity contribution < 1.29 is 18.8 Å². The number of amides is 2. The Morgan fingerprint density at radius 3 is 2.67 bits per heavy atom. The van der Waals surface area contributed by atoms with E-state index in [0.29, 0.717) is 23.0 Å². The van der Waals surface area contributed by atoms with E-state index in [1.54, 1.807) is 34.0 Å². The third-order valence-corrected chi connectivity index (χ3v) is 8.18. The molecule has 1 aromatic carbocycles. The van der Waals surface area contributed by atoms with Crippen molar-refractivity contribution in [1.82, 2.24) is 34.8 Å². The van der Waals surface area contributed by atoms with Gasteiger partial charge in [-0.2, -0.15) is 15.3 Å². The summed E-state index contributed by atoms with van der Waals surface area (Å²) in [4.78, 5) is 43.0. The van der Waals surface area contributed by atoms with Crippen LogP contribution in [0.15, 0.2) is 55.2 Å². The Bertz CT molecular complexity index is 1630. The topological polar surface area (TPSA) is 118 Å². The number of alkyl halides is 1. The molecule has 3 atom stereocenters. The highest BCUT2D eigenvalue weighted by atomic mass is 19.1. The van der Waals surface area contributed by atoms with Crippen molar-refractivity contribution in [3.63, 3.8) is 0 Å². The van der Waals surface area contributed by atoms with Gasteiger partial charge in [0, 0.05) is 67.0 Å². The lowest BCUT2D eigenvalue weighted by Gasteiger charge is -2.35. The van der Waals surface area contributed by atoms with Crippen molar-refractivity contribution in [2.45, 2.75) is 51.0 Å². The molecule has 218 valence electrons. The molecule has 0 spiro atoms. The highest BCUT2D eigenvalue weighted by Crippen LogP contribution is 2.29. The number of hydrogen-bond acceptors (Lipinski definition) is 7. The van der Waals surface area contributed by atoms with Gasteiger partial charge in [0.05, 0.1) is 30.8 Å². The zero-order valence-corrected chi connectivity index (χ0v) is 23.6. The molecule has 1 N–H and O–H groups in total. The van der Waals surface area contributed by atoms with Gasteiger partial charge in [-0.3, -0.25) is 19.1 Å². The normalized spacial score (nSPS) is 20.7. The largest absolute Gasteiger partial charge is 0.367 e.